The van der Waals surface area contributed by atoms with Gasteiger partial charge in [0.05, 0.1) is 47.3 Å². The lowest BCUT2D eigenvalue weighted by molar-refractivity contribution is 0.0511. The molecule has 0 aliphatic rings. The molecule has 1 aromatic heterocycles. The van der Waals surface area contributed by atoms with Crippen molar-refractivity contribution in [2.45, 2.75) is 6.54 Å². The maximum atomic E-state index is 12.6. The van der Waals surface area contributed by atoms with E-state index in [4.69, 9.17) is 24.7 Å². The van der Waals surface area contributed by atoms with Crippen molar-refractivity contribution in [3.63, 3.8) is 0 Å². The van der Waals surface area contributed by atoms with Crippen molar-refractivity contribution in [1.29, 1.82) is 0 Å². The summed E-state index contributed by atoms with van der Waals surface area (Å²) in [5.41, 5.74) is 7.27. The first-order valence-corrected chi connectivity index (χ1v) is 13.1. The van der Waals surface area contributed by atoms with Crippen LogP contribution in [0.1, 0.15) is 15.9 Å². The number of ether oxygens (including phenoxy) is 4. The monoisotopic (exact) mass is 570 g/mol. The number of nitrogens with zero attached hydrogens (tertiary/aromatic N) is 3. The van der Waals surface area contributed by atoms with E-state index in [1.807, 2.05) is 18.2 Å². The van der Waals surface area contributed by atoms with Gasteiger partial charge in [0.1, 0.15) is 0 Å². The predicted octanol–water partition coefficient (Wildman–Crippen LogP) is 1.37. The lowest BCUT2D eigenvalue weighted by Gasteiger charge is -2.14. The number of carbonyl (C=O) groups is 1. The molecule has 1 amide bonds. The normalized spacial score (nSPS) is 10.6. The fourth-order valence-corrected chi connectivity index (χ4v) is 3.64. The van der Waals surface area contributed by atoms with Crippen molar-refractivity contribution in [1.82, 2.24) is 20.3 Å². The molecule has 0 saturated heterocycles. The molecule has 3 aromatic rings. The van der Waals surface area contributed by atoms with Gasteiger partial charge in [-0.15, -0.1) is 0 Å². The Bertz CT molecular complexity index is 1230. The Morgan fingerprint density at radius 1 is 0.878 bits per heavy atom. The summed E-state index contributed by atoms with van der Waals surface area (Å²) in [5.74, 6) is 1.76. The molecule has 7 N–H and O–H groups in total. The fourth-order valence-electron chi connectivity index (χ4n) is 3.64. The maximum Gasteiger partial charge on any atom is 0.251 e. The minimum absolute atomic E-state index is 0.0948. The van der Waals surface area contributed by atoms with Gasteiger partial charge in [0.2, 0.25) is 17.8 Å². The number of aromatic nitrogens is 3. The van der Waals surface area contributed by atoms with Gasteiger partial charge in [0, 0.05) is 43.0 Å². The summed E-state index contributed by atoms with van der Waals surface area (Å²) in [7, 11) is 3.15. The highest BCUT2D eigenvalue weighted by Crippen LogP contribution is 2.31. The number of anilines is 4. The topological polar surface area (TPSA) is 187 Å². The van der Waals surface area contributed by atoms with Gasteiger partial charge >= 0.3 is 0 Å². The summed E-state index contributed by atoms with van der Waals surface area (Å²) >= 11 is 0. The molecule has 41 heavy (non-hydrogen) atoms. The van der Waals surface area contributed by atoms with Crippen LogP contribution in [0.2, 0.25) is 0 Å². The maximum absolute atomic E-state index is 12.6. The molecule has 14 heteroatoms. The molecular weight excluding hydrogens is 532 g/mol. The van der Waals surface area contributed by atoms with Crippen LogP contribution in [0.4, 0.5) is 23.5 Å². The highest BCUT2D eigenvalue weighted by Gasteiger charge is 2.12. The first kappa shape index (κ1) is 31.3. The molecule has 0 bridgehead atoms. The lowest BCUT2D eigenvalue weighted by Crippen LogP contribution is -2.27. The number of nitrogens with two attached hydrogens (primary N) is 1. The summed E-state index contributed by atoms with van der Waals surface area (Å²) in [5, 5.41) is 21.3. The van der Waals surface area contributed by atoms with E-state index in [2.05, 4.69) is 36.2 Å². The van der Waals surface area contributed by atoms with Crippen LogP contribution in [-0.4, -0.2) is 92.9 Å². The van der Waals surface area contributed by atoms with Gasteiger partial charge in [-0.25, -0.2) is 0 Å². The zero-order chi connectivity index (χ0) is 29.3. The minimum Gasteiger partial charge on any atom is -0.493 e. The Kier molecular flexibility index (Phi) is 13.3. The van der Waals surface area contributed by atoms with E-state index in [1.165, 1.54) is 0 Å². The molecule has 0 atom stereocenters. The average Bonchev–Trinajstić information content (AvgIpc) is 3.00. The first-order chi connectivity index (χ1) is 20.1. The molecule has 14 nitrogen and oxygen atoms in total. The van der Waals surface area contributed by atoms with E-state index in [0.29, 0.717) is 68.8 Å². The number of carbonyl (C=O) groups excluding carboxylic acids is 1. The van der Waals surface area contributed by atoms with Crippen molar-refractivity contribution in [2.24, 2.45) is 5.73 Å². The SMILES string of the molecule is COc1cccc(CNc2nc(NCCO)nc(Nc3cccc(C(=O)NCCOCCOCCN)c3)n2)c1OC. The second-order valence-electron chi connectivity index (χ2n) is 8.44. The third kappa shape index (κ3) is 10.3. The highest BCUT2D eigenvalue weighted by atomic mass is 16.5. The summed E-state index contributed by atoms with van der Waals surface area (Å²) in [4.78, 5) is 25.9. The predicted molar refractivity (Wildman–Crippen MR) is 155 cm³/mol. The van der Waals surface area contributed by atoms with Crippen LogP contribution in [0.15, 0.2) is 42.5 Å². The number of rotatable bonds is 19. The largest absolute Gasteiger partial charge is 0.493 e. The van der Waals surface area contributed by atoms with Crippen LogP contribution >= 0.6 is 0 Å². The smallest absolute Gasteiger partial charge is 0.251 e. The molecule has 0 saturated carbocycles. The molecule has 0 spiro atoms. The molecule has 0 fully saturated rings. The molecular formula is C27H38N8O6. The van der Waals surface area contributed by atoms with Crippen LogP contribution in [-0.2, 0) is 16.0 Å². The quantitative estimate of drug-likeness (QED) is 0.114. The van der Waals surface area contributed by atoms with Gasteiger partial charge in [-0.3, -0.25) is 4.79 Å². The zero-order valence-corrected chi connectivity index (χ0v) is 23.3. The molecule has 0 aliphatic carbocycles. The number of aliphatic hydroxyl groups is 1. The Hall–Kier alpha value is -4.24. The zero-order valence-electron chi connectivity index (χ0n) is 23.3. The van der Waals surface area contributed by atoms with Crippen LogP contribution < -0.4 is 36.5 Å². The number of nitrogens with one attached hydrogen (secondary N) is 4. The van der Waals surface area contributed by atoms with E-state index >= 15 is 0 Å². The number of hydrogen-bond donors (Lipinski definition) is 6. The number of amides is 1. The highest BCUT2D eigenvalue weighted by molar-refractivity contribution is 5.95. The Labute approximate surface area is 239 Å². The number of hydrogen-bond acceptors (Lipinski definition) is 13. The minimum atomic E-state index is -0.243. The lowest BCUT2D eigenvalue weighted by atomic mass is 10.2. The van der Waals surface area contributed by atoms with Gasteiger partial charge in [-0.2, -0.15) is 15.0 Å². The Morgan fingerprint density at radius 2 is 1.61 bits per heavy atom. The third-order valence-electron chi connectivity index (χ3n) is 5.50. The van der Waals surface area contributed by atoms with Crippen LogP contribution in [0.3, 0.4) is 0 Å². The molecule has 0 unspecified atom stereocenters. The molecule has 222 valence electrons. The second kappa shape index (κ2) is 17.5. The van der Waals surface area contributed by atoms with Crippen molar-refractivity contribution in [3.05, 3.63) is 53.6 Å². The Balaban J connectivity index is 1.64. The van der Waals surface area contributed by atoms with Crippen molar-refractivity contribution < 1.29 is 28.8 Å². The Morgan fingerprint density at radius 3 is 2.34 bits per heavy atom. The van der Waals surface area contributed by atoms with Crippen molar-refractivity contribution in [3.8, 4) is 11.5 Å². The second-order valence-corrected chi connectivity index (χ2v) is 8.44. The molecule has 1 heterocycles. The number of methoxy groups -OCH3 is 2. The van der Waals surface area contributed by atoms with E-state index in [1.54, 1.807) is 38.5 Å². The number of benzene rings is 2. The molecule has 0 radical (unpaired) electrons. The molecule has 0 aliphatic heterocycles. The van der Waals surface area contributed by atoms with E-state index in [0.717, 1.165) is 5.56 Å². The van der Waals surface area contributed by atoms with Gasteiger partial charge in [0.25, 0.3) is 5.91 Å². The summed E-state index contributed by atoms with van der Waals surface area (Å²) < 4.78 is 21.6. The molecule has 3 rings (SSSR count). The van der Waals surface area contributed by atoms with Gasteiger partial charge in [-0.05, 0) is 24.3 Å². The standard InChI is InChI=1S/C27H38N8O6/c1-38-22-8-4-6-20(23(22)39-2)18-31-26-33-25(30-10-12-36)34-27(35-26)32-21-7-3-5-19(17-21)24(37)29-11-14-41-16-15-40-13-9-28/h3-8,17,36H,9-16,18,28H2,1-2H3,(H,29,37)(H3,30,31,32,33,34,35). The van der Waals surface area contributed by atoms with Crippen molar-refractivity contribution >= 4 is 29.4 Å². The third-order valence-corrected chi connectivity index (χ3v) is 5.50. The number of aliphatic hydroxyl groups excluding tert-OH is 1. The van der Waals surface area contributed by atoms with Crippen LogP contribution in [0.25, 0.3) is 0 Å². The summed E-state index contributed by atoms with van der Waals surface area (Å²) in [6.07, 6.45) is 0. The van der Waals surface area contributed by atoms with Crippen LogP contribution in [0, 0.1) is 0 Å². The van der Waals surface area contributed by atoms with Gasteiger partial charge < -0.3 is 51.1 Å². The van der Waals surface area contributed by atoms with Gasteiger partial charge in [-0.1, -0.05) is 18.2 Å². The van der Waals surface area contributed by atoms with E-state index < -0.39 is 0 Å². The first-order valence-electron chi connectivity index (χ1n) is 13.1. The summed E-state index contributed by atoms with van der Waals surface area (Å²) in [6, 6.07) is 12.5. The van der Waals surface area contributed by atoms with Crippen LogP contribution in [0.5, 0.6) is 11.5 Å². The molecule has 2 aromatic carbocycles. The average molecular weight is 571 g/mol. The van der Waals surface area contributed by atoms with Crippen molar-refractivity contribution in [2.75, 3.05) is 82.8 Å². The number of para-hydroxylation sites is 1. The summed E-state index contributed by atoms with van der Waals surface area (Å²) in [6.45, 7) is 3.08. The van der Waals surface area contributed by atoms with E-state index in [-0.39, 0.29) is 36.9 Å². The van der Waals surface area contributed by atoms with E-state index in [9.17, 15) is 9.90 Å². The fraction of sp³-hybridized carbons (Fsp3) is 0.407. The van der Waals surface area contributed by atoms with Gasteiger partial charge in [0.15, 0.2) is 11.5 Å².